The average Bonchev–Trinajstić information content (AvgIpc) is 2.81. The lowest BCUT2D eigenvalue weighted by Crippen LogP contribution is -2.21. The SMILES string of the molecule is CN(C)C(=O)CCCn1ccc2ccc([N+](=O)[O-])cc21. The van der Waals surface area contributed by atoms with E-state index in [0.717, 1.165) is 10.9 Å². The van der Waals surface area contributed by atoms with Crippen molar-refractivity contribution >= 4 is 22.5 Å². The summed E-state index contributed by atoms with van der Waals surface area (Å²) < 4.78 is 1.95. The number of hydrogen-bond donors (Lipinski definition) is 0. The fourth-order valence-corrected chi connectivity index (χ4v) is 2.11. The third-order valence-electron chi connectivity index (χ3n) is 3.26. The number of carbonyl (C=O) groups excluding carboxylic acids is 1. The van der Waals surface area contributed by atoms with E-state index >= 15 is 0 Å². The largest absolute Gasteiger partial charge is 0.349 e. The molecule has 2 rings (SSSR count). The maximum Gasteiger partial charge on any atom is 0.271 e. The van der Waals surface area contributed by atoms with Gasteiger partial charge in [-0.2, -0.15) is 0 Å². The number of carbonyl (C=O) groups is 1. The Kier molecular flexibility index (Phi) is 4.02. The molecule has 0 unspecified atom stereocenters. The van der Waals surface area contributed by atoms with Crippen molar-refractivity contribution in [1.82, 2.24) is 9.47 Å². The van der Waals surface area contributed by atoms with Crippen molar-refractivity contribution in [3.05, 3.63) is 40.6 Å². The molecule has 0 aliphatic heterocycles. The number of fused-ring (bicyclic) bond motifs is 1. The number of benzene rings is 1. The Morgan fingerprint density at radius 1 is 1.35 bits per heavy atom. The first-order chi connectivity index (χ1) is 9.49. The summed E-state index contributed by atoms with van der Waals surface area (Å²) in [6.07, 6.45) is 3.08. The summed E-state index contributed by atoms with van der Waals surface area (Å²) in [5.74, 6) is 0.0902. The highest BCUT2D eigenvalue weighted by molar-refractivity contribution is 5.82. The van der Waals surface area contributed by atoms with E-state index < -0.39 is 4.92 Å². The second-order valence-corrected chi connectivity index (χ2v) is 4.90. The number of nitro benzene ring substituents is 1. The van der Waals surface area contributed by atoms with Gasteiger partial charge in [-0.25, -0.2) is 0 Å². The van der Waals surface area contributed by atoms with E-state index in [0.29, 0.717) is 19.4 Å². The van der Waals surface area contributed by atoms with Crippen molar-refractivity contribution < 1.29 is 9.72 Å². The van der Waals surface area contributed by atoms with E-state index in [2.05, 4.69) is 0 Å². The Balaban J connectivity index is 2.12. The number of nitro groups is 1. The molecule has 0 radical (unpaired) electrons. The number of amides is 1. The monoisotopic (exact) mass is 275 g/mol. The van der Waals surface area contributed by atoms with Crippen LogP contribution >= 0.6 is 0 Å². The number of nitrogens with zero attached hydrogens (tertiary/aromatic N) is 3. The summed E-state index contributed by atoms with van der Waals surface area (Å²) in [5, 5.41) is 11.8. The van der Waals surface area contributed by atoms with Crippen molar-refractivity contribution in [3.63, 3.8) is 0 Å². The molecule has 0 saturated carbocycles. The second-order valence-electron chi connectivity index (χ2n) is 4.90. The van der Waals surface area contributed by atoms with Crippen molar-refractivity contribution in [2.24, 2.45) is 0 Å². The topological polar surface area (TPSA) is 68.4 Å². The van der Waals surface area contributed by atoms with E-state index in [9.17, 15) is 14.9 Å². The van der Waals surface area contributed by atoms with Gasteiger partial charge in [0, 0.05) is 50.8 Å². The van der Waals surface area contributed by atoms with Crippen LogP contribution in [0.15, 0.2) is 30.5 Å². The molecule has 106 valence electrons. The van der Waals surface area contributed by atoms with Crippen LogP contribution in [0.5, 0.6) is 0 Å². The minimum Gasteiger partial charge on any atom is -0.349 e. The summed E-state index contributed by atoms with van der Waals surface area (Å²) in [5.41, 5.74) is 0.915. The van der Waals surface area contributed by atoms with Crippen LogP contribution in [-0.4, -0.2) is 34.4 Å². The van der Waals surface area contributed by atoms with Crippen LogP contribution in [0.4, 0.5) is 5.69 Å². The zero-order valence-electron chi connectivity index (χ0n) is 11.6. The van der Waals surface area contributed by atoms with Crippen LogP contribution in [0.3, 0.4) is 0 Å². The molecule has 1 amide bonds. The molecule has 6 nitrogen and oxygen atoms in total. The molecule has 1 aromatic carbocycles. The number of aryl methyl sites for hydroxylation is 1. The summed E-state index contributed by atoms with van der Waals surface area (Å²) >= 11 is 0. The van der Waals surface area contributed by atoms with Gasteiger partial charge in [-0.1, -0.05) is 0 Å². The van der Waals surface area contributed by atoms with Crippen molar-refractivity contribution in [2.75, 3.05) is 14.1 Å². The van der Waals surface area contributed by atoms with Crippen LogP contribution in [0, 0.1) is 10.1 Å². The van der Waals surface area contributed by atoms with Gasteiger partial charge in [-0.05, 0) is 18.6 Å². The summed E-state index contributed by atoms with van der Waals surface area (Å²) in [6.45, 7) is 0.671. The third kappa shape index (κ3) is 2.96. The Morgan fingerprint density at radius 3 is 2.75 bits per heavy atom. The first kappa shape index (κ1) is 14.0. The van der Waals surface area contributed by atoms with Gasteiger partial charge in [-0.15, -0.1) is 0 Å². The molecule has 0 bridgehead atoms. The summed E-state index contributed by atoms with van der Waals surface area (Å²) in [7, 11) is 3.47. The van der Waals surface area contributed by atoms with Gasteiger partial charge in [0.1, 0.15) is 0 Å². The number of rotatable bonds is 5. The smallest absolute Gasteiger partial charge is 0.271 e. The molecule has 0 atom stereocenters. The Bertz CT molecular complexity index is 646. The zero-order valence-corrected chi connectivity index (χ0v) is 11.6. The fourth-order valence-electron chi connectivity index (χ4n) is 2.11. The van der Waals surface area contributed by atoms with Gasteiger partial charge in [0.2, 0.25) is 5.91 Å². The average molecular weight is 275 g/mol. The molecule has 0 aliphatic rings. The molecule has 20 heavy (non-hydrogen) atoms. The first-order valence-electron chi connectivity index (χ1n) is 6.42. The van der Waals surface area contributed by atoms with Crippen molar-refractivity contribution in [2.45, 2.75) is 19.4 Å². The lowest BCUT2D eigenvalue weighted by Gasteiger charge is -2.10. The standard InChI is InChI=1S/C14H17N3O3/c1-15(2)14(18)4-3-8-16-9-7-11-5-6-12(17(19)20)10-13(11)16/h5-7,9-10H,3-4,8H2,1-2H3. The fraction of sp³-hybridized carbons (Fsp3) is 0.357. The van der Waals surface area contributed by atoms with Crippen LogP contribution in [0.1, 0.15) is 12.8 Å². The molecule has 0 spiro atoms. The van der Waals surface area contributed by atoms with Crippen molar-refractivity contribution in [1.29, 1.82) is 0 Å². The van der Waals surface area contributed by atoms with Gasteiger partial charge < -0.3 is 9.47 Å². The molecule has 1 aromatic heterocycles. The molecule has 0 fully saturated rings. The Morgan fingerprint density at radius 2 is 2.10 bits per heavy atom. The maximum absolute atomic E-state index is 11.5. The number of hydrogen-bond acceptors (Lipinski definition) is 3. The number of aromatic nitrogens is 1. The minimum atomic E-state index is -0.396. The predicted molar refractivity (Wildman–Crippen MR) is 76.5 cm³/mol. The highest BCUT2D eigenvalue weighted by Crippen LogP contribution is 2.22. The Hall–Kier alpha value is -2.37. The highest BCUT2D eigenvalue weighted by atomic mass is 16.6. The van der Waals surface area contributed by atoms with Crippen LogP contribution in [-0.2, 0) is 11.3 Å². The lowest BCUT2D eigenvalue weighted by atomic mass is 10.2. The quantitative estimate of drug-likeness (QED) is 0.621. The Labute approximate surface area is 116 Å². The van der Waals surface area contributed by atoms with E-state index in [4.69, 9.17) is 0 Å². The maximum atomic E-state index is 11.5. The first-order valence-corrected chi connectivity index (χ1v) is 6.42. The van der Waals surface area contributed by atoms with Crippen molar-refractivity contribution in [3.8, 4) is 0 Å². The molecule has 0 saturated heterocycles. The number of non-ortho nitro benzene ring substituents is 1. The molecule has 6 heteroatoms. The summed E-state index contributed by atoms with van der Waals surface area (Å²) in [4.78, 5) is 23.5. The zero-order chi connectivity index (χ0) is 14.7. The van der Waals surface area contributed by atoms with Gasteiger partial charge in [-0.3, -0.25) is 14.9 Å². The third-order valence-corrected chi connectivity index (χ3v) is 3.26. The van der Waals surface area contributed by atoms with Gasteiger partial charge >= 0.3 is 0 Å². The van der Waals surface area contributed by atoms with Gasteiger partial charge in [0.25, 0.3) is 5.69 Å². The van der Waals surface area contributed by atoms with Gasteiger partial charge in [0.15, 0.2) is 0 Å². The summed E-state index contributed by atoms with van der Waals surface area (Å²) in [6, 6.07) is 6.74. The molecule has 0 N–H and O–H groups in total. The molecule has 1 heterocycles. The van der Waals surface area contributed by atoms with E-state index in [-0.39, 0.29) is 11.6 Å². The molecular weight excluding hydrogens is 258 g/mol. The second kappa shape index (κ2) is 5.73. The normalized spacial score (nSPS) is 10.7. The van der Waals surface area contributed by atoms with Crippen LogP contribution in [0.25, 0.3) is 10.9 Å². The molecule has 2 aromatic rings. The molecule has 0 aliphatic carbocycles. The van der Waals surface area contributed by atoms with Gasteiger partial charge in [0.05, 0.1) is 10.4 Å². The van der Waals surface area contributed by atoms with Crippen LogP contribution < -0.4 is 0 Å². The highest BCUT2D eigenvalue weighted by Gasteiger charge is 2.09. The minimum absolute atomic E-state index is 0.0850. The molecular formula is C14H17N3O3. The lowest BCUT2D eigenvalue weighted by molar-refractivity contribution is -0.384. The van der Waals surface area contributed by atoms with Crippen LogP contribution in [0.2, 0.25) is 0 Å². The predicted octanol–water partition coefficient (Wildman–Crippen LogP) is 2.42. The van der Waals surface area contributed by atoms with E-state index in [1.807, 2.05) is 16.8 Å². The van der Waals surface area contributed by atoms with E-state index in [1.54, 1.807) is 31.1 Å². The van der Waals surface area contributed by atoms with E-state index in [1.165, 1.54) is 6.07 Å².